The third-order valence-electron chi connectivity index (χ3n) is 5.11. The van der Waals surface area contributed by atoms with Crippen LogP contribution in [0.15, 0.2) is 24.3 Å². The van der Waals surface area contributed by atoms with Crippen molar-refractivity contribution in [2.45, 2.75) is 70.9 Å². The molecule has 128 valence electrons. The highest BCUT2D eigenvalue weighted by Gasteiger charge is 2.19. The fourth-order valence-corrected chi connectivity index (χ4v) is 3.47. The zero-order valence-corrected chi connectivity index (χ0v) is 15.0. The number of nitrogens with one attached hydrogen (secondary N) is 1. The standard InChI is InChI=1S/C20H32N2O/c1-4-17-11-13-18(14-12-17)16(2)21-20(23)15-22(3)19-9-7-5-6-8-10-19/h11-14,16,19H,4-10,15H2,1-3H3,(H,21,23). The Balaban J connectivity index is 1.82. The van der Waals surface area contributed by atoms with Crippen molar-refractivity contribution in [2.24, 2.45) is 0 Å². The Morgan fingerprint density at radius 1 is 1.17 bits per heavy atom. The van der Waals surface area contributed by atoms with Crippen LogP contribution in [0.5, 0.6) is 0 Å². The Kier molecular flexibility index (Phi) is 7.10. The Labute approximate surface area is 141 Å². The van der Waals surface area contributed by atoms with Crippen molar-refractivity contribution in [3.05, 3.63) is 35.4 Å². The van der Waals surface area contributed by atoms with E-state index in [9.17, 15) is 4.79 Å². The monoisotopic (exact) mass is 316 g/mol. The Bertz CT molecular complexity index is 475. The van der Waals surface area contributed by atoms with Crippen LogP contribution in [0, 0.1) is 0 Å². The maximum atomic E-state index is 12.3. The smallest absolute Gasteiger partial charge is 0.234 e. The zero-order valence-electron chi connectivity index (χ0n) is 15.0. The number of hydrogen-bond donors (Lipinski definition) is 1. The summed E-state index contributed by atoms with van der Waals surface area (Å²) >= 11 is 0. The molecule has 1 aliphatic rings. The summed E-state index contributed by atoms with van der Waals surface area (Å²) < 4.78 is 0. The predicted octanol–water partition coefficient (Wildman–Crippen LogP) is 4.08. The first-order valence-corrected chi connectivity index (χ1v) is 9.18. The van der Waals surface area contributed by atoms with E-state index in [1.165, 1.54) is 49.7 Å². The van der Waals surface area contributed by atoms with E-state index >= 15 is 0 Å². The van der Waals surface area contributed by atoms with Crippen LogP contribution in [-0.2, 0) is 11.2 Å². The van der Waals surface area contributed by atoms with Gasteiger partial charge in [0, 0.05) is 6.04 Å². The number of aryl methyl sites for hydroxylation is 1. The molecule has 0 spiro atoms. The number of hydrogen-bond acceptors (Lipinski definition) is 2. The molecule has 1 amide bonds. The van der Waals surface area contributed by atoms with Crippen LogP contribution in [0.1, 0.15) is 69.5 Å². The van der Waals surface area contributed by atoms with E-state index in [1.54, 1.807) is 0 Å². The first kappa shape index (κ1) is 18.0. The molecule has 1 N–H and O–H groups in total. The molecule has 23 heavy (non-hydrogen) atoms. The minimum absolute atomic E-state index is 0.0657. The minimum Gasteiger partial charge on any atom is -0.348 e. The lowest BCUT2D eigenvalue weighted by Gasteiger charge is -2.27. The molecule has 3 nitrogen and oxygen atoms in total. The fourth-order valence-electron chi connectivity index (χ4n) is 3.47. The molecule has 0 saturated heterocycles. The first-order chi connectivity index (χ1) is 11.1. The second-order valence-electron chi connectivity index (χ2n) is 6.94. The summed E-state index contributed by atoms with van der Waals surface area (Å²) in [5, 5.41) is 3.14. The number of likely N-dealkylation sites (N-methyl/N-ethyl adjacent to an activating group) is 1. The van der Waals surface area contributed by atoms with Gasteiger partial charge in [-0.3, -0.25) is 9.69 Å². The molecule has 1 aromatic rings. The lowest BCUT2D eigenvalue weighted by Crippen LogP contribution is -2.41. The Morgan fingerprint density at radius 3 is 2.35 bits per heavy atom. The second kappa shape index (κ2) is 9.07. The maximum absolute atomic E-state index is 12.3. The average molecular weight is 316 g/mol. The van der Waals surface area contributed by atoms with Gasteiger partial charge in [-0.05, 0) is 44.4 Å². The van der Waals surface area contributed by atoms with Crippen molar-refractivity contribution in [2.75, 3.05) is 13.6 Å². The van der Waals surface area contributed by atoms with Crippen molar-refractivity contribution in [1.29, 1.82) is 0 Å². The van der Waals surface area contributed by atoms with Crippen LogP contribution in [0.4, 0.5) is 0 Å². The van der Waals surface area contributed by atoms with Gasteiger partial charge in [-0.25, -0.2) is 0 Å². The molecule has 1 aromatic carbocycles. The summed E-state index contributed by atoms with van der Waals surface area (Å²) in [5.41, 5.74) is 2.51. The topological polar surface area (TPSA) is 32.3 Å². The maximum Gasteiger partial charge on any atom is 0.234 e. The van der Waals surface area contributed by atoms with Gasteiger partial charge in [0.25, 0.3) is 0 Å². The number of carbonyl (C=O) groups is 1. The Morgan fingerprint density at radius 2 is 1.78 bits per heavy atom. The number of benzene rings is 1. The van der Waals surface area contributed by atoms with Crippen molar-refractivity contribution in [1.82, 2.24) is 10.2 Å². The molecule has 2 rings (SSSR count). The van der Waals surface area contributed by atoms with E-state index in [-0.39, 0.29) is 11.9 Å². The molecule has 1 saturated carbocycles. The average Bonchev–Trinajstić information content (AvgIpc) is 2.84. The number of nitrogens with zero attached hydrogens (tertiary/aromatic N) is 1. The summed E-state index contributed by atoms with van der Waals surface area (Å²) in [6.07, 6.45) is 8.82. The largest absolute Gasteiger partial charge is 0.348 e. The van der Waals surface area contributed by atoms with E-state index in [2.05, 4.69) is 55.4 Å². The molecule has 0 aliphatic heterocycles. The van der Waals surface area contributed by atoms with Gasteiger partial charge in [0.15, 0.2) is 0 Å². The number of carbonyl (C=O) groups excluding carboxylic acids is 1. The van der Waals surface area contributed by atoms with Gasteiger partial charge in [-0.1, -0.05) is 56.9 Å². The van der Waals surface area contributed by atoms with Gasteiger partial charge < -0.3 is 5.32 Å². The van der Waals surface area contributed by atoms with Gasteiger partial charge in [0.1, 0.15) is 0 Å². The highest BCUT2D eigenvalue weighted by Crippen LogP contribution is 2.21. The van der Waals surface area contributed by atoms with Crippen LogP contribution in [0.2, 0.25) is 0 Å². The molecule has 0 heterocycles. The third kappa shape index (κ3) is 5.65. The second-order valence-corrected chi connectivity index (χ2v) is 6.94. The predicted molar refractivity (Wildman–Crippen MR) is 96.5 cm³/mol. The van der Waals surface area contributed by atoms with Gasteiger partial charge in [0.2, 0.25) is 5.91 Å². The number of rotatable bonds is 6. The SMILES string of the molecule is CCc1ccc(C(C)NC(=O)CN(C)C2CCCCCC2)cc1. The molecule has 1 fully saturated rings. The van der Waals surface area contributed by atoms with Crippen LogP contribution in [0.25, 0.3) is 0 Å². The van der Waals surface area contributed by atoms with Crippen molar-refractivity contribution >= 4 is 5.91 Å². The van der Waals surface area contributed by atoms with Gasteiger partial charge in [-0.15, -0.1) is 0 Å². The van der Waals surface area contributed by atoms with Gasteiger partial charge in [-0.2, -0.15) is 0 Å². The molecule has 1 unspecified atom stereocenters. The fraction of sp³-hybridized carbons (Fsp3) is 0.650. The van der Waals surface area contributed by atoms with Crippen LogP contribution in [-0.4, -0.2) is 30.4 Å². The highest BCUT2D eigenvalue weighted by atomic mass is 16.2. The summed E-state index contributed by atoms with van der Waals surface area (Å²) in [4.78, 5) is 14.6. The molecule has 0 bridgehead atoms. The molecular weight excluding hydrogens is 284 g/mol. The lowest BCUT2D eigenvalue weighted by atomic mass is 10.0. The number of amides is 1. The van der Waals surface area contributed by atoms with Crippen molar-refractivity contribution in [3.8, 4) is 0 Å². The summed E-state index contributed by atoms with van der Waals surface area (Å²) in [6.45, 7) is 4.72. The molecule has 0 aromatic heterocycles. The van der Waals surface area contributed by atoms with Gasteiger partial charge >= 0.3 is 0 Å². The van der Waals surface area contributed by atoms with E-state index in [1.807, 2.05) is 0 Å². The minimum atomic E-state index is 0.0657. The van der Waals surface area contributed by atoms with E-state index in [4.69, 9.17) is 0 Å². The first-order valence-electron chi connectivity index (χ1n) is 9.18. The summed E-state index contributed by atoms with van der Waals surface area (Å²) in [7, 11) is 2.09. The Hall–Kier alpha value is -1.35. The third-order valence-corrected chi connectivity index (χ3v) is 5.11. The van der Waals surface area contributed by atoms with Crippen molar-refractivity contribution < 1.29 is 4.79 Å². The van der Waals surface area contributed by atoms with Crippen LogP contribution < -0.4 is 5.32 Å². The zero-order chi connectivity index (χ0) is 16.7. The summed E-state index contributed by atoms with van der Waals surface area (Å²) in [5.74, 6) is 0.129. The van der Waals surface area contributed by atoms with Gasteiger partial charge in [0.05, 0.1) is 12.6 Å². The van der Waals surface area contributed by atoms with Crippen LogP contribution in [0.3, 0.4) is 0 Å². The quantitative estimate of drug-likeness (QED) is 0.802. The van der Waals surface area contributed by atoms with Crippen molar-refractivity contribution in [3.63, 3.8) is 0 Å². The van der Waals surface area contributed by atoms with E-state index < -0.39 is 0 Å². The molecule has 0 radical (unpaired) electrons. The molecular formula is C20H32N2O. The van der Waals surface area contributed by atoms with Crippen LogP contribution >= 0.6 is 0 Å². The van der Waals surface area contributed by atoms with E-state index in [0.717, 1.165) is 6.42 Å². The highest BCUT2D eigenvalue weighted by molar-refractivity contribution is 5.78. The lowest BCUT2D eigenvalue weighted by molar-refractivity contribution is -0.123. The van der Waals surface area contributed by atoms with E-state index in [0.29, 0.717) is 12.6 Å². The summed E-state index contributed by atoms with van der Waals surface area (Å²) in [6, 6.07) is 9.18. The molecule has 1 atom stereocenters. The normalized spacial score (nSPS) is 17.7. The molecule has 1 aliphatic carbocycles. The molecule has 3 heteroatoms.